The van der Waals surface area contributed by atoms with E-state index in [0.717, 1.165) is 11.3 Å². The van der Waals surface area contributed by atoms with Crippen molar-refractivity contribution in [2.24, 2.45) is 0 Å². The molecule has 0 aliphatic carbocycles. The van der Waals surface area contributed by atoms with Crippen LogP contribution < -0.4 is 14.2 Å². The fraction of sp³-hybridized carbons (Fsp3) is 0.407. The number of hydrogen-bond donors (Lipinski definition) is 1. The van der Waals surface area contributed by atoms with Gasteiger partial charge >= 0.3 is 0 Å². The molecule has 0 aliphatic heterocycles. The Bertz CT molecular complexity index is 1110. The number of methoxy groups -OCH3 is 1. The molecule has 1 atom stereocenters. The van der Waals surface area contributed by atoms with Crippen molar-refractivity contribution in [3.8, 4) is 34.5 Å². The Labute approximate surface area is 209 Å². The number of phenols is 1. The van der Waals surface area contributed by atoms with Crippen LogP contribution in [0.3, 0.4) is 0 Å². The molecule has 0 saturated carbocycles. The molecule has 0 saturated heterocycles. The zero-order valence-corrected chi connectivity index (χ0v) is 22.7. The summed E-state index contributed by atoms with van der Waals surface area (Å²) in [6.45, 7) is 13.9. The molecule has 0 amide bonds. The van der Waals surface area contributed by atoms with Crippen molar-refractivity contribution >= 4 is 8.32 Å². The molecule has 0 bridgehead atoms. The molecule has 7 nitrogen and oxygen atoms in total. The topological polar surface area (TPSA) is 82.9 Å². The van der Waals surface area contributed by atoms with Crippen molar-refractivity contribution in [2.75, 3.05) is 13.7 Å². The first-order valence-electron chi connectivity index (χ1n) is 11.7. The quantitative estimate of drug-likeness (QED) is 0.333. The van der Waals surface area contributed by atoms with Gasteiger partial charge in [-0.1, -0.05) is 32.9 Å². The van der Waals surface area contributed by atoms with Crippen molar-refractivity contribution < 1.29 is 23.7 Å². The molecule has 8 heteroatoms. The van der Waals surface area contributed by atoms with Gasteiger partial charge in [0.05, 0.1) is 13.7 Å². The average Bonchev–Trinajstić information content (AvgIpc) is 2.81. The standard InChI is InChI=1S/C27H36N2O5Si/c1-19(17-33-35(6,7)27(2,3)4)34-24-15-21(14-22(30)16-24)26-28-13-12-25(29-26)32-18-20-8-10-23(31-5)11-9-20/h8-16,19,30H,17-18H2,1-7H3/t19-/m0/s1. The van der Waals surface area contributed by atoms with E-state index >= 15 is 0 Å². The van der Waals surface area contributed by atoms with E-state index in [1.54, 1.807) is 31.5 Å². The summed E-state index contributed by atoms with van der Waals surface area (Å²) in [5.74, 6) is 2.26. The Hall–Kier alpha value is -3.10. The SMILES string of the molecule is COc1ccc(COc2ccnc(-c3cc(O)cc(O[C@@H](C)CO[Si](C)(C)C(C)(C)C)c3)n2)cc1. The average molecular weight is 497 g/mol. The Balaban J connectivity index is 1.67. The van der Waals surface area contributed by atoms with E-state index in [0.29, 0.717) is 36.2 Å². The minimum Gasteiger partial charge on any atom is -0.508 e. The van der Waals surface area contributed by atoms with Gasteiger partial charge in [0.15, 0.2) is 14.1 Å². The Morgan fingerprint density at radius 3 is 2.37 bits per heavy atom. The van der Waals surface area contributed by atoms with Crippen LogP contribution in [-0.4, -0.2) is 43.2 Å². The molecule has 3 aromatic rings. The molecular weight excluding hydrogens is 460 g/mol. The second kappa shape index (κ2) is 11.1. The van der Waals surface area contributed by atoms with Crippen LogP contribution in [0.2, 0.25) is 18.1 Å². The maximum absolute atomic E-state index is 10.3. The van der Waals surface area contributed by atoms with Gasteiger partial charge in [0.2, 0.25) is 5.88 Å². The summed E-state index contributed by atoms with van der Waals surface area (Å²) >= 11 is 0. The summed E-state index contributed by atoms with van der Waals surface area (Å²) in [7, 11) is -0.238. The maximum atomic E-state index is 10.3. The number of aromatic hydroxyl groups is 1. The Kier molecular flexibility index (Phi) is 8.40. The number of rotatable bonds is 10. The monoisotopic (exact) mass is 496 g/mol. The first-order valence-corrected chi connectivity index (χ1v) is 14.6. The van der Waals surface area contributed by atoms with Gasteiger partial charge in [-0.25, -0.2) is 4.98 Å². The van der Waals surface area contributed by atoms with Crippen LogP contribution in [0.15, 0.2) is 54.7 Å². The summed E-state index contributed by atoms with van der Waals surface area (Å²) in [5.41, 5.74) is 1.63. The second-order valence-electron chi connectivity index (χ2n) is 10.1. The van der Waals surface area contributed by atoms with E-state index in [4.69, 9.17) is 18.6 Å². The highest BCUT2D eigenvalue weighted by Crippen LogP contribution is 2.37. The van der Waals surface area contributed by atoms with Gasteiger partial charge in [0.25, 0.3) is 0 Å². The van der Waals surface area contributed by atoms with Gasteiger partial charge in [-0.05, 0) is 54.9 Å². The number of phenolic OH excluding ortho intramolecular Hbond substituents is 1. The van der Waals surface area contributed by atoms with Crippen LogP contribution >= 0.6 is 0 Å². The van der Waals surface area contributed by atoms with Crippen LogP contribution in [0.1, 0.15) is 33.3 Å². The minimum absolute atomic E-state index is 0.0724. The highest BCUT2D eigenvalue weighted by molar-refractivity contribution is 6.74. The highest BCUT2D eigenvalue weighted by Gasteiger charge is 2.37. The van der Waals surface area contributed by atoms with Crippen molar-refractivity contribution in [3.05, 3.63) is 60.3 Å². The second-order valence-corrected chi connectivity index (χ2v) is 14.9. The number of ether oxygens (including phenoxy) is 3. The van der Waals surface area contributed by atoms with E-state index in [1.165, 1.54) is 0 Å². The zero-order valence-electron chi connectivity index (χ0n) is 21.7. The lowest BCUT2D eigenvalue weighted by Crippen LogP contribution is -2.43. The van der Waals surface area contributed by atoms with Crippen molar-refractivity contribution in [2.45, 2.75) is 58.5 Å². The minimum atomic E-state index is -1.87. The molecule has 0 fully saturated rings. The summed E-state index contributed by atoms with van der Waals surface area (Å²) in [5, 5.41) is 10.4. The summed E-state index contributed by atoms with van der Waals surface area (Å²) in [4.78, 5) is 8.86. The van der Waals surface area contributed by atoms with Crippen LogP contribution in [0.4, 0.5) is 0 Å². The van der Waals surface area contributed by atoms with Gasteiger partial charge in [-0.3, -0.25) is 0 Å². The fourth-order valence-corrected chi connectivity index (χ4v) is 4.11. The molecule has 1 aromatic heterocycles. The summed E-state index contributed by atoms with van der Waals surface area (Å²) in [6, 6.07) is 14.3. The number of aromatic nitrogens is 2. The molecule has 0 radical (unpaired) electrons. The van der Waals surface area contributed by atoms with Gasteiger partial charge < -0.3 is 23.7 Å². The molecule has 188 valence electrons. The molecule has 2 aromatic carbocycles. The maximum Gasteiger partial charge on any atom is 0.217 e. The lowest BCUT2D eigenvalue weighted by Gasteiger charge is -2.36. The molecular formula is C27H36N2O5Si. The smallest absolute Gasteiger partial charge is 0.217 e. The molecule has 35 heavy (non-hydrogen) atoms. The van der Waals surface area contributed by atoms with E-state index in [1.807, 2.05) is 37.3 Å². The lowest BCUT2D eigenvalue weighted by molar-refractivity contribution is 0.134. The van der Waals surface area contributed by atoms with Crippen LogP contribution in [0, 0.1) is 0 Å². The lowest BCUT2D eigenvalue weighted by atomic mass is 10.2. The molecule has 3 rings (SSSR count). The van der Waals surface area contributed by atoms with E-state index in [2.05, 4.69) is 43.8 Å². The summed E-state index contributed by atoms with van der Waals surface area (Å²) < 4.78 is 23.4. The predicted octanol–water partition coefficient (Wildman–Crippen LogP) is 6.23. The summed E-state index contributed by atoms with van der Waals surface area (Å²) in [6.07, 6.45) is 1.45. The van der Waals surface area contributed by atoms with Crippen LogP contribution in [0.5, 0.6) is 23.1 Å². The van der Waals surface area contributed by atoms with Crippen LogP contribution in [0.25, 0.3) is 11.4 Å². The van der Waals surface area contributed by atoms with Gasteiger partial charge in [0, 0.05) is 23.9 Å². The highest BCUT2D eigenvalue weighted by atomic mass is 28.4. The normalized spacial score (nSPS) is 12.8. The molecule has 0 unspecified atom stereocenters. The Morgan fingerprint density at radius 2 is 1.71 bits per heavy atom. The molecule has 1 heterocycles. The van der Waals surface area contributed by atoms with Gasteiger partial charge in [0.1, 0.15) is 30.0 Å². The molecule has 0 spiro atoms. The van der Waals surface area contributed by atoms with E-state index in [-0.39, 0.29) is 16.9 Å². The zero-order chi connectivity index (χ0) is 25.6. The third kappa shape index (κ3) is 7.44. The number of nitrogens with zero attached hydrogens (tertiary/aromatic N) is 2. The largest absolute Gasteiger partial charge is 0.508 e. The Morgan fingerprint density at radius 1 is 1.00 bits per heavy atom. The first kappa shape index (κ1) is 26.5. The third-order valence-corrected chi connectivity index (χ3v) is 10.6. The van der Waals surface area contributed by atoms with E-state index in [9.17, 15) is 5.11 Å². The first-order chi connectivity index (χ1) is 16.5. The van der Waals surface area contributed by atoms with Gasteiger partial charge in [-0.15, -0.1) is 0 Å². The van der Waals surface area contributed by atoms with Crippen molar-refractivity contribution in [3.63, 3.8) is 0 Å². The molecule has 1 N–H and O–H groups in total. The number of hydrogen-bond acceptors (Lipinski definition) is 7. The number of benzene rings is 2. The predicted molar refractivity (Wildman–Crippen MR) is 140 cm³/mol. The van der Waals surface area contributed by atoms with Crippen LogP contribution in [-0.2, 0) is 11.0 Å². The van der Waals surface area contributed by atoms with E-state index < -0.39 is 8.32 Å². The van der Waals surface area contributed by atoms with Gasteiger partial charge in [-0.2, -0.15) is 4.98 Å². The third-order valence-electron chi connectivity index (χ3n) is 6.15. The molecule has 0 aliphatic rings. The van der Waals surface area contributed by atoms with Crippen molar-refractivity contribution in [1.82, 2.24) is 9.97 Å². The van der Waals surface area contributed by atoms with Crippen molar-refractivity contribution in [1.29, 1.82) is 0 Å². The fourth-order valence-electron chi connectivity index (χ4n) is 3.03.